The van der Waals surface area contributed by atoms with Crippen molar-refractivity contribution < 1.29 is 84.5 Å². The van der Waals surface area contributed by atoms with Crippen molar-refractivity contribution in [1.82, 2.24) is 0 Å². The third kappa shape index (κ3) is 21.9. The molecule has 0 radical (unpaired) electrons. The molecule has 3 aromatic rings. The Morgan fingerprint density at radius 2 is 1.03 bits per heavy atom. The number of hydrogen-bond donors (Lipinski definition) is 1. The summed E-state index contributed by atoms with van der Waals surface area (Å²) in [5.74, 6) is -3.20. The zero-order chi connectivity index (χ0) is 44.0. The summed E-state index contributed by atoms with van der Waals surface area (Å²) in [7, 11) is 0. The molecule has 1 aliphatic heterocycles. The van der Waals surface area contributed by atoms with Gasteiger partial charge in [0.05, 0.1) is 22.8 Å². The van der Waals surface area contributed by atoms with Crippen LogP contribution < -0.4 is 12.4 Å². The normalized spacial score (nSPS) is 13.3. The quantitative estimate of drug-likeness (QED) is 0.0937. The molecular formula is C40H47ClF12MgO4. The number of rotatable bonds is 3. The smallest absolute Gasteiger partial charge is 1.00 e. The van der Waals surface area contributed by atoms with E-state index in [1.54, 1.807) is 41.5 Å². The standard InChI is InChI=1S/C12H14F4O.C12H12F4O.C8H4F4O.C4H8O.C4H9.ClH.Mg/c2*1-11(2,3)10(17)7-4-5-8(9(13)6-7)12(14,15)16;9-7-3-5(4-13)1-2-6(7)8(10,11)12;1-2-4-5-3-1;1-4(2)3;;/h4-6,10,17H,1-3H3;4-6H,1-3H3;1-4H;1-4H2;1-3H3;1H;/q;;;;-1;;+2/p-1. The maximum atomic E-state index is 13.3. The minimum Gasteiger partial charge on any atom is -1.00 e. The molecule has 0 saturated carbocycles. The molecule has 1 heterocycles. The SMILES string of the molecule is C1CCOC1.CC(C)(C)C(=O)c1ccc(C(F)(F)F)c(F)c1.CC(C)(C)C(O)c1ccc(C(F)(F)F)c(F)c1.C[C-](C)C.O=Cc1ccc(C(F)(F)F)c(F)c1.[Cl-].[Mg+2]. The Morgan fingerprint density at radius 3 is 1.31 bits per heavy atom. The molecule has 324 valence electrons. The fourth-order valence-corrected chi connectivity index (χ4v) is 4.10. The molecule has 4 nitrogen and oxygen atoms in total. The van der Waals surface area contributed by atoms with Gasteiger partial charge in [-0.15, -0.1) is 0 Å². The number of ketones is 1. The second-order valence-corrected chi connectivity index (χ2v) is 15.0. The molecule has 4 rings (SSSR count). The largest absolute Gasteiger partial charge is 2.00 e. The monoisotopic (exact) mass is 878 g/mol. The molecule has 1 fully saturated rings. The number of alkyl halides is 9. The Kier molecular flexibility index (Phi) is 25.7. The van der Waals surface area contributed by atoms with Crippen LogP contribution in [0.4, 0.5) is 52.7 Å². The number of carbonyl (C=O) groups is 2. The van der Waals surface area contributed by atoms with Gasteiger partial charge in [-0.2, -0.15) is 60.3 Å². The molecule has 0 bridgehead atoms. The van der Waals surface area contributed by atoms with Gasteiger partial charge in [0.25, 0.3) is 0 Å². The second-order valence-electron chi connectivity index (χ2n) is 15.0. The summed E-state index contributed by atoms with van der Waals surface area (Å²) in [5.41, 5.74) is -5.39. The second kappa shape index (κ2) is 25.0. The molecule has 0 amide bonds. The van der Waals surface area contributed by atoms with Crippen LogP contribution in [0.5, 0.6) is 0 Å². The first-order valence-electron chi connectivity index (χ1n) is 16.9. The number of aliphatic hydroxyl groups excluding tert-OH is 1. The number of ether oxygens (including phenoxy) is 1. The van der Waals surface area contributed by atoms with E-state index in [0.29, 0.717) is 30.3 Å². The topological polar surface area (TPSA) is 63.6 Å². The third-order valence-electron chi connectivity index (χ3n) is 6.91. The van der Waals surface area contributed by atoms with Gasteiger partial charge in [-0.3, -0.25) is 9.59 Å². The van der Waals surface area contributed by atoms with Crippen molar-refractivity contribution in [2.75, 3.05) is 13.2 Å². The van der Waals surface area contributed by atoms with Gasteiger partial charge in [-0.1, -0.05) is 59.7 Å². The van der Waals surface area contributed by atoms with Crippen LogP contribution in [0.1, 0.15) is 124 Å². The molecular weight excluding hydrogens is 832 g/mol. The van der Waals surface area contributed by atoms with Crippen LogP contribution in [0, 0.1) is 34.2 Å². The molecule has 1 N–H and O–H groups in total. The van der Waals surface area contributed by atoms with E-state index < -0.39 is 75.4 Å². The number of halogens is 13. The van der Waals surface area contributed by atoms with E-state index in [2.05, 4.69) is 20.8 Å². The number of Topliss-reactive ketones (excluding diaryl/α,β-unsaturated/α-hetero) is 1. The molecule has 3 aromatic carbocycles. The number of aliphatic hydroxyl groups is 1. The van der Waals surface area contributed by atoms with Crippen LogP contribution in [0.3, 0.4) is 0 Å². The van der Waals surface area contributed by atoms with Crippen LogP contribution >= 0.6 is 0 Å². The van der Waals surface area contributed by atoms with E-state index >= 15 is 0 Å². The van der Waals surface area contributed by atoms with Crippen LogP contribution in [0.25, 0.3) is 0 Å². The van der Waals surface area contributed by atoms with E-state index in [1.807, 2.05) is 0 Å². The summed E-state index contributed by atoms with van der Waals surface area (Å²) in [5, 5.41) is 9.83. The molecule has 0 spiro atoms. The number of hydrogen-bond acceptors (Lipinski definition) is 4. The van der Waals surface area contributed by atoms with Gasteiger partial charge in [0.2, 0.25) is 0 Å². The molecule has 1 atom stereocenters. The molecule has 0 aromatic heterocycles. The molecule has 0 aliphatic carbocycles. The zero-order valence-electron chi connectivity index (χ0n) is 33.5. The Balaban J connectivity index is -0.000000697. The van der Waals surface area contributed by atoms with E-state index in [9.17, 15) is 67.4 Å². The van der Waals surface area contributed by atoms with Crippen LogP contribution in [0.15, 0.2) is 54.6 Å². The van der Waals surface area contributed by atoms with Gasteiger partial charge in [-0.05, 0) is 60.2 Å². The zero-order valence-corrected chi connectivity index (χ0v) is 35.6. The molecule has 18 heteroatoms. The van der Waals surface area contributed by atoms with Gasteiger partial charge in [0, 0.05) is 29.8 Å². The average Bonchev–Trinajstić information content (AvgIpc) is 3.62. The summed E-state index contributed by atoms with van der Waals surface area (Å²) in [6.07, 6.45) is -12.4. The minimum atomic E-state index is -4.74. The predicted octanol–water partition coefficient (Wildman–Crippen LogP) is 9.69. The van der Waals surface area contributed by atoms with Crippen molar-refractivity contribution in [2.24, 2.45) is 10.8 Å². The number of carbonyl (C=O) groups excluding carboxylic acids is 2. The van der Waals surface area contributed by atoms with Gasteiger partial charge >= 0.3 is 41.6 Å². The maximum Gasteiger partial charge on any atom is 2.00 e. The van der Waals surface area contributed by atoms with Gasteiger partial charge in [0.1, 0.15) is 23.7 Å². The minimum absolute atomic E-state index is 0. The van der Waals surface area contributed by atoms with E-state index in [1.165, 1.54) is 18.8 Å². The summed E-state index contributed by atoms with van der Waals surface area (Å²) in [4.78, 5) is 21.8. The third-order valence-corrected chi connectivity index (χ3v) is 6.91. The Hall–Kier alpha value is -2.86. The fraction of sp³-hybridized carbons (Fsp3) is 0.475. The van der Waals surface area contributed by atoms with Crippen LogP contribution in [-0.2, 0) is 23.3 Å². The predicted molar refractivity (Wildman–Crippen MR) is 194 cm³/mol. The van der Waals surface area contributed by atoms with Gasteiger partial charge < -0.3 is 28.2 Å². The molecule has 58 heavy (non-hydrogen) atoms. The first-order valence-corrected chi connectivity index (χ1v) is 16.9. The fourth-order valence-electron chi connectivity index (χ4n) is 4.10. The van der Waals surface area contributed by atoms with Crippen LogP contribution in [-0.4, -0.2) is 53.4 Å². The summed E-state index contributed by atoms with van der Waals surface area (Å²) in [6, 6.07) is 6.72. The molecule has 1 unspecified atom stereocenters. The van der Waals surface area contributed by atoms with Crippen molar-refractivity contribution >= 4 is 35.1 Å². The molecule has 1 saturated heterocycles. The summed E-state index contributed by atoms with van der Waals surface area (Å²) < 4.78 is 154. The summed E-state index contributed by atoms with van der Waals surface area (Å²) in [6.45, 7) is 18.2. The van der Waals surface area contributed by atoms with Crippen molar-refractivity contribution in [3.05, 3.63) is 111 Å². The van der Waals surface area contributed by atoms with Crippen LogP contribution in [0.2, 0.25) is 0 Å². The van der Waals surface area contributed by atoms with E-state index in [0.717, 1.165) is 37.5 Å². The first-order chi connectivity index (χ1) is 25.2. The van der Waals surface area contributed by atoms with Gasteiger partial charge in [0.15, 0.2) is 5.78 Å². The Morgan fingerprint density at radius 1 is 0.672 bits per heavy atom. The van der Waals surface area contributed by atoms with E-state index in [-0.39, 0.29) is 58.4 Å². The maximum absolute atomic E-state index is 13.3. The number of aldehydes is 1. The van der Waals surface area contributed by atoms with Gasteiger partial charge in [-0.25, -0.2) is 13.2 Å². The van der Waals surface area contributed by atoms with Crippen molar-refractivity contribution in [1.29, 1.82) is 0 Å². The Labute approximate surface area is 353 Å². The molecule has 1 aliphatic rings. The number of benzene rings is 3. The van der Waals surface area contributed by atoms with Crippen molar-refractivity contribution in [3.8, 4) is 0 Å². The van der Waals surface area contributed by atoms with Crippen molar-refractivity contribution in [2.45, 2.75) is 99.8 Å². The van der Waals surface area contributed by atoms with E-state index in [4.69, 9.17) is 4.74 Å². The Bertz CT molecular complexity index is 1680. The average molecular weight is 880 g/mol. The summed E-state index contributed by atoms with van der Waals surface area (Å²) >= 11 is 0. The van der Waals surface area contributed by atoms with Crippen molar-refractivity contribution in [3.63, 3.8) is 0 Å². The first kappa shape index (κ1) is 59.4.